The van der Waals surface area contributed by atoms with Gasteiger partial charge in [-0.15, -0.1) is 0 Å². The number of rotatable bonds is 8. The summed E-state index contributed by atoms with van der Waals surface area (Å²) in [5.74, 6) is -1.57. The van der Waals surface area contributed by atoms with Crippen LogP contribution in [-0.2, 0) is 11.8 Å². The number of ether oxygens (including phenoxy) is 1. The summed E-state index contributed by atoms with van der Waals surface area (Å²) in [7, 11) is 1.70. The molecule has 1 amide bonds. The van der Waals surface area contributed by atoms with Gasteiger partial charge in [0.25, 0.3) is 5.91 Å². The molecule has 0 fully saturated rings. The second-order valence-electron chi connectivity index (χ2n) is 7.73. The molecule has 0 saturated carbocycles. The number of esters is 1. The molecule has 1 aromatic heterocycles. The third kappa shape index (κ3) is 4.96. The Hall–Kier alpha value is -2.96. The standard InChI is InChI=1S/C23H29FN2O4/c1-7-30-23(29)21-15(4)20(16(5)25(21)6)19(27)13-26(12-14(2)3)22(28)17-9-8-10-18(24)11-17/h8-11,14H,7,12-13H2,1-6H3. The van der Waals surface area contributed by atoms with Gasteiger partial charge in [-0.3, -0.25) is 9.59 Å². The van der Waals surface area contributed by atoms with Crippen molar-refractivity contribution in [1.29, 1.82) is 0 Å². The summed E-state index contributed by atoms with van der Waals surface area (Å²) in [6.45, 7) is 9.46. The van der Waals surface area contributed by atoms with Crippen LogP contribution < -0.4 is 0 Å². The van der Waals surface area contributed by atoms with Crippen LogP contribution in [0.15, 0.2) is 24.3 Å². The molecule has 6 nitrogen and oxygen atoms in total. The van der Waals surface area contributed by atoms with E-state index >= 15 is 0 Å². The molecule has 0 aliphatic carbocycles. The lowest BCUT2D eigenvalue weighted by molar-refractivity contribution is 0.0514. The summed E-state index contributed by atoms with van der Waals surface area (Å²) in [4.78, 5) is 39.9. The Morgan fingerprint density at radius 3 is 2.43 bits per heavy atom. The van der Waals surface area contributed by atoms with Crippen molar-refractivity contribution in [3.8, 4) is 0 Å². The maximum atomic E-state index is 13.6. The lowest BCUT2D eigenvalue weighted by Crippen LogP contribution is -2.38. The number of carbonyl (C=O) groups excluding carboxylic acids is 3. The molecular formula is C23H29FN2O4. The van der Waals surface area contributed by atoms with Gasteiger partial charge in [0.1, 0.15) is 11.5 Å². The Labute approximate surface area is 176 Å². The molecule has 1 aromatic carbocycles. The molecule has 0 aliphatic heterocycles. The van der Waals surface area contributed by atoms with Crippen molar-refractivity contribution in [1.82, 2.24) is 9.47 Å². The van der Waals surface area contributed by atoms with Crippen molar-refractivity contribution in [2.45, 2.75) is 34.6 Å². The highest BCUT2D eigenvalue weighted by Gasteiger charge is 2.28. The molecule has 0 aliphatic rings. The van der Waals surface area contributed by atoms with Crippen LogP contribution in [0, 0.1) is 25.6 Å². The van der Waals surface area contributed by atoms with Crippen LogP contribution >= 0.6 is 0 Å². The van der Waals surface area contributed by atoms with Crippen molar-refractivity contribution < 1.29 is 23.5 Å². The average Bonchev–Trinajstić information content (AvgIpc) is 2.89. The van der Waals surface area contributed by atoms with Crippen LogP contribution in [-0.4, -0.2) is 46.8 Å². The topological polar surface area (TPSA) is 68.6 Å². The van der Waals surface area contributed by atoms with Gasteiger partial charge >= 0.3 is 5.97 Å². The van der Waals surface area contributed by atoms with E-state index in [4.69, 9.17) is 4.74 Å². The number of amides is 1. The van der Waals surface area contributed by atoms with Crippen molar-refractivity contribution in [2.24, 2.45) is 13.0 Å². The first kappa shape index (κ1) is 23.3. The summed E-state index contributed by atoms with van der Waals surface area (Å²) >= 11 is 0. The molecule has 30 heavy (non-hydrogen) atoms. The first-order valence-corrected chi connectivity index (χ1v) is 9.99. The van der Waals surface area contributed by atoms with Gasteiger partial charge in [0.2, 0.25) is 0 Å². The van der Waals surface area contributed by atoms with Crippen LogP contribution in [0.5, 0.6) is 0 Å². The monoisotopic (exact) mass is 416 g/mol. The molecule has 2 rings (SSSR count). The average molecular weight is 416 g/mol. The normalized spacial score (nSPS) is 10.9. The van der Waals surface area contributed by atoms with Crippen LogP contribution in [0.1, 0.15) is 63.2 Å². The molecule has 0 atom stereocenters. The van der Waals surface area contributed by atoms with Crippen LogP contribution in [0.2, 0.25) is 0 Å². The highest BCUT2D eigenvalue weighted by Crippen LogP contribution is 2.23. The van der Waals surface area contributed by atoms with Gasteiger partial charge in [0, 0.05) is 30.4 Å². The summed E-state index contributed by atoms with van der Waals surface area (Å²) in [6.07, 6.45) is 0. The number of ketones is 1. The maximum absolute atomic E-state index is 13.6. The van der Waals surface area contributed by atoms with Crippen molar-refractivity contribution in [2.75, 3.05) is 19.7 Å². The molecule has 0 N–H and O–H groups in total. The highest BCUT2D eigenvalue weighted by atomic mass is 19.1. The van der Waals surface area contributed by atoms with E-state index in [2.05, 4.69) is 0 Å². The number of hydrogen-bond acceptors (Lipinski definition) is 4. The van der Waals surface area contributed by atoms with E-state index in [0.717, 1.165) is 6.07 Å². The smallest absolute Gasteiger partial charge is 0.355 e. The molecule has 162 valence electrons. The van der Waals surface area contributed by atoms with E-state index in [1.165, 1.54) is 23.1 Å². The first-order valence-electron chi connectivity index (χ1n) is 9.99. The zero-order valence-electron chi connectivity index (χ0n) is 18.4. The van der Waals surface area contributed by atoms with Gasteiger partial charge in [-0.2, -0.15) is 0 Å². The molecule has 0 bridgehead atoms. The van der Waals surface area contributed by atoms with E-state index in [0.29, 0.717) is 29.1 Å². The SMILES string of the molecule is CCOC(=O)c1c(C)c(C(=O)CN(CC(C)C)C(=O)c2cccc(F)c2)c(C)n1C. The lowest BCUT2D eigenvalue weighted by Gasteiger charge is -2.24. The quantitative estimate of drug-likeness (QED) is 0.483. The fourth-order valence-corrected chi connectivity index (χ4v) is 3.59. The van der Waals surface area contributed by atoms with Gasteiger partial charge in [0.05, 0.1) is 13.2 Å². The Morgan fingerprint density at radius 2 is 1.87 bits per heavy atom. The third-order valence-corrected chi connectivity index (χ3v) is 4.96. The number of halogens is 1. The Kier molecular flexibility index (Phi) is 7.54. The molecule has 0 unspecified atom stereocenters. The minimum absolute atomic E-state index is 0.114. The Bertz CT molecular complexity index is 962. The minimum atomic E-state index is -0.509. The van der Waals surface area contributed by atoms with E-state index in [1.54, 1.807) is 32.4 Å². The fourth-order valence-electron chi connectivity index (χ4n) is 3.59. The van der Waals surface area contributed by atoms with E-state index < -0.39 is 17.7 Å². The van der Waals surface area contributed by atoms with E-state index in [-0.39, 0.29) is 30.4 Å². The van der Waals surface area contributed by atoms with E-state index in [9.17, 15) is 18.8 Å². The number of Topliss-reactive ketones (excluding diaryl/α,β-unsaturated/α-hetero) is 1. The van der Waals surface area contributed by atoms with Crippen LogP contribution in [0.3, 0.4) is 0 Å². The van der Waals surface area contributed by atoms with Crippen molar-refractivity contribution in [3.05, 3.63) is 58.2 Å². The number of aromatic nitrogens is 1. The molecule has 2 aromatic rings. The highest BCUT2D eigenvalue weighted by molar-refractivity contribution is 6.06. The molecule has 0 saturated heterocycles. The second kappa shape index (κ2) is 9.69. The predicted molar refractivity (Wildman–Crippen MR) is 112 cm³/mol. The lowest BCUT2D eigenvalue weighted by atomic mass is 10.0. The molecule has 0 spiro atoms. The van der Waals surface area contributed by atoms with Gasteiger partial charge < -0.3 is 14.2 Å². The number of nitrogens with zero attached hydrogens (tertiary/aromatic N) is 2. The zero-order valence-corrected chi connectivity index (χ0v) is 18.4. The summed E-state index contributed by atoms with van der Waals surface area (Å²) < 4.78 is 20.3. The Balaban J connectivity index is 2.38. The summed E-state index contributed by atoms with van der Waals surface area (Å²) in [5, 5.41) is 0. The van der Waals surface area contributed by atoms with Crippen molar-refractivity contribution >= 4 is 17.7 Å². The maximum Gasteiger partial charge on any atom is 0.355 e. The van der Waals surface area contributed by atoms with Gasteiger partial charge in [-0.05, 0) is 50.5 Å². The van der Waals surface area contributed by atoms with Crippen molar-refractivity contribution in [3.63, 3.8) is 0 Å². The molecule has 1 heterocycles. The van der Waals surface area contributed by atoms with Gasteiger partial charge in [-0.1, -0.05) is 19.9 Å². The fraction of sp³-hybridized carbons (Fsp3) is 0.435. The number of benzene rings is 1. The first-order chi connectivity index (χ1) is 14.1. The largest absolute Gasteiger partial charge is 0.461 e. The molecule has 7 heteroatoms. The zero-order chi connectivity index (χ0) is 22.6. The van der Waals surface area contributed by atoms with Gasteiger partial charge in [0.15, 0.2) is 5.78 Å². The minimum Gasteiger partial charge on any atom is -0.461 e. The second-order valence-corrected chi connectivity index (χ2v) is 7.73. The van der Waals surface area contributed by atoms with Crippen LogP contribution in [0.4, 0.5) is 4.39 Å². The van der Waals surface area contributed by atoms with Crippen LogP contribution in [0.25, 0.3) is 0 Å². The molecule has 0 radical (unpaired) electrons. The summed E-state index contributed by atoms with van der Waals surface area (Å²) in [6, 6.07) is 5.43. The van der Waals surface area contributed by atoms with Gasteiger partial charge in [-0.25, -0.2) is 9.18 Å². The number of carbonyl (C=O) groups is 3. The summed E-state index contributed by atoms with van der Waals surface area (Å²) in [5.41, 5.74) is 2.08. The number of hydrogen-bond donors (Lipinski definition) is 0. The van der Waals surface area contributed by atoms with E-state index in [1.807, 2.05) is 13.8 Å². The molecular weight excluding hydrogens is 387 g/mol. The third-order valence-electron chi connectivity index (χ3n) is 4.96. The predicted octanol–water partition coefficient (Wildman–Crippen LogP) is 3.94. The Morgan fingerprint density at radius 1 is 1.20 bits per heavy atom.